The van der Waals surface area contributed by atoms with Gasteiger partial charge in [-0.05, 0) is 34.7 Å². The maximum absolute atomic E-state index is 13.1. The molecular formula is C17H10ClN6O2-. The Labute approximate surface area is 151 Å². The van der Waals surface area contributed by atoms with E-state index >= 15 is 0 Å². The van der Waals surface area contributed by atoms with E-state index in [1.54, 1.807) is 48.5 Å². The van der Waals surface area contributed by atoms with Crippen LogP contribution in [0.15, 0.2) is 58.3 Å². The third kappa shape index (κ3) is 2.62. The Morgan fingerprint density at radius 2 is 1.85 bits per heavy atom. The Hall–Kier alpha value is -3.52. The van der Waals surface area contributed by atoms with Crippen LogP contribution in [0.25, 0.3) is 16.5 Å². The number of benzene rings is 2. The molecule has 128 valence electrons. The van der Waals surface area contributed by atoms with Gasteiger partial charge in [0.1, 0.15) is 0 Å². The maximum atomic E-state index is 13.1. The zero-order valence-corrected chi connectivity index (χ0v) is 13.9. The molecule has 0 aliphatic heterocycles. The molecule has 0 spiro atoms. The zero-order chi connectivity index (χ0) is 18.1. The lowest BCUT2D eigenvalue weighted by Crippen LogP contribution is -2.24. The van der Waals surface area contributed by atoms with Crippen LogP contribution in [0.1, 0.15) is 5.56 Å². The molecule has 9 heteroatoms. The van der Waals surface area contributed by atoms with Gasteiger partial charge in [-0.1, -0.05) is 47.0 Å². The van der Waals surface area contributed by atoms with Gasteiger partial charge < -0.3 is 5.11 Å². The summed E-state index contributed by atoms with van der Waals surface area (Å²) in [6, 6.07) is 13.5. The number of fused-ring (bicyclic) bond motifs is 1. The monoisotopic (exact) mass is 365 g/mol. The molecule has 1 N–H and O–H groups in total. The summed E-state index contributed by atoms with van der Waals surface area (Å²) in [5, 5.41) is 27.3. The summed E-state index contributed by atoms with van der Waals surface area (Å²) in [6.45, 7) is 0. The molecule has 0 fully saturated rings. The van der Waals surface area contributed by atoms with Crippen LogP contribution >= 0.6 is 11.6 Å². The maximum Gasteiger partial charge on any atom is 0.288 e. The molecule has 0 saturated heterocycles. The van der Waals surface area contributed by atoms with E-state index in [0.717, 1.165) is 4.57 Å². The smallest absolute Gasteiger partial charge is 0.288 e. The van der Waals surface area contributed by atoms with Gasteiger partial charge in [0.2, 0.25) is 0 Å². The average Bonchev–Trinajstić information content (AvgIpc) is 3.17. The number of tetrazole rings is 1. The van der Waals surface area contributed by atoms with Crippen LogP contribution in [-0.4, -0.2) is 31.4 Å². The van der Waals surface area contributed by atoms with E-state index in [4.69, 9.17) is 11.6 Å². The Kier molecular flexibility index (Phi) is 3.94. The van der Waals surface area contributed by atoms with Crippen molar-refractivity contribution in [3.8, 4) is 11.6 Å². The number of halogens is 1. The van der Waals surface area contributed by atoms with Crippen molar-refractivity contribution in [3.05, 3.63) is 69.5 Å². The van der Waals surface area contributed by atoms with Crippen molar-refractivity contribution in [1.82, 2.24) is 25.2 Å². The van der Waals surface area contributed by atoms with E-state index in [9.17, 15) is 9.90 Å². The molecule has 0 aliphatic carbocycles. The zero-order valence-electron chi connectivity index (χ0n) is 13.1. The van der Waals surface area contributed by atoms with Crippen LogP contribution in [0.3, 0.4) is 0 Å². The van der Waals surface area contributed by atoms with E-state index in [0.29, 0.717) is 21.5 Å². The second-order valence-corrected chi connectivity index (χ2v) is 5.73. The molecule has 26 heavy (non-hydrogen) atoms. The fourth-order valence-corrected chi connectivity index (χ4v) is 2.88. The summed E-state index contributed by atoms with van der Waals surface area (Å²) >= 11 is 6.20. The number of hydrogen-bond donors (Lipinski definition) is 1. The molecule has 4 rings (SSSR count). The van der Waals surface area contributed by atoms with Gasteiger partial charge in [0.15, 0.2) is 0 Å². The third-order valence-corrected chi connectivity index (χ3v) is 4.14. The summed E-state index contributed by atoms with van der Waals surface area (Å²) in [5.41, 5.74) is 0.0875. The molecule has 0 radical (unpaired) electrons. The van der Waals surface area contributed by atoms with Crippen LogP contribution in [0.4, 0.5) is 5.95 Å². The molecule has 0 unspecified atom stereocenters. The summed E-state index contributed by atoms with van der Waals surface area (Å²) in [7, 11) is 0. The second kappa shape index (κ2) is 6.41. The summed E-state index contributed by atoms with van der Waals surface area (Å²) in [4.78, 5) is 17.0. The number of rotatable bonds is 3. The number of aromatic amines is 1. The van der Waals surface area contributed by atoms with Crippen molar-refractivity contribution in [2.45, 2.75) is 0 Å². The van der Waals surface area contributed by atoms with Gasteiger partial charge in [-0.25, -0.2) is 4.99 Å². The average molecular weight is 366 g/mol. The van der Waals surface area contributed by atoms with Gasteiger partial charge in [0.05, 0.1) is 10.7 Å². The van der Waals surface area contributed by atoms with Gasteiger partial charge in [-0.2, -0.15) is 5.21 Å². The Balaban J connectivity index is 2.05. The fourth-order valence-electron chi connectivity index (χ4n) is 2.66. The number of H-pyrrole nitrogens is 1. The van der Waals surface area contributed by atoms with E-state index < -0.39 is 11.4 Å². The third-order valence-electron chi connectivity index (χ3n) is 3.82. The largest absolute Gasteiger partial charge is 0.859 e. The number of aromatic nitrogens is 5. The minimum atomic E-state index is -0.533. The SMILES string of the molecule is O=c1c2ccccc2c(C=Nc2nn[nH]n2)c([O-])n1-c1ccccc1Cl. The van der Waals surface area contributed by atoms with Gasteiger partial charge >= 0.3 is 0 Å². The quantitative estimate of drug-likeness (QED) is 0.558. The van der Waals surface area contributed by atoms with Gasteiger partial charge in [0.25, 0.3) is 11.5 Å². The van der Waals surface area contributed by atoms with Crippen LogP contribution in [-0.2, 0) is 0 Å². The van der Waals surface area contributed by atoms with E-state index in [1.807, 2.05) is 0 Å². The topological polar surface area (TPSA) is 112 Å². The van der Waals surface area contributed by atoms with Crippen molar-refractivity contribution in [1.29, 1.82) is 0 Å². The molecule has 8 nitrogen and oxygen atoms in total. The number of nitrogens with zero attached hydrogens (tertiary/aromatic N) is 5. The van der Waals surface area contributed by atoms with Crippen molar-refractivity contribution in [2.24, 2.45) is 4.99 Å². The Bertz CT molecular complexity index is 1180. The number of aliphatic imine (C=N–C) groups is 1. The normalized spacial score (nSPS) is 11.4. The standard InChI is InChI=1S/C17H11ClN6O2/c18-13-7-3-4-8-14(13)24-15(25)11-6-2-1-5-10(11)12(16(24)26)9-19-17-20-22-23-21-17/h1-9,26H,(H,20,21,22,23)/p-1. The number of nitrogens with one attached hydrogen (secondary N) is 1. The van der Waals surface area contributed by atoms with Crippen molar-refractivity contribution >= 4 is 34.5 Å². The first kappa shape index (κ1) is 16.0. The van der Waals surface area contributed by atoms with E-state index in [2.05, 4.69) is 25.6 Å². The molecule has 4 aromatic rings. The number of hydrogen-bond acceptors (Lipinski definition) is 6. The predicted molar refractivity (Wildman–Crippen MR) is 95.4 cm³/mol. The van der Waals surface area contributed by atoms with Crippen molar-refractivity contribution in [2.75, 3.05) is 0 Å². The molecule has 0 aliphatic rings. The van der Waals surface area contributed by atoms with Gasteiger partial charge in [-0.15, -0.1) is 5.10 Å². The second-order valence-electron chi connectivity index (χ2n) is 5.33. The first-order valence-electron chi connectivity index (χ1n) is 7.54. The van der Waals surface area contributed by atoms with Crippen LogP contribution < -0.4 is 10.7 Å². The van der Waals surface area contributed by atoms with Gasteiger partial charge in [0, 0.05) is 17.2 Å². The minimum absolute atomic E-state index is 0.0731. The molecule has 0 bridgehead atoms. The number of para-hydroxylation sites is 1. The fraction of sp³-hybridized carbons (Fsp3) is 0. The van der Waals surface area contributed by atoms with Crippen LogP contribution in [0, 0.1) is 0 Å². The van der Waals surface area contributed by atoms with Crippen LogP contribution in [0.2, 0.25) is 5.02 Å². The molecule has 2 heterocycles. The lowest BCUT2D eigenvalue weighted by atomic mass is 10.1. The molecule has 0 atom stereocenters. The number of pyridine rings is 1. The Morgan fingerprint density at radius 1 is 1.12 bits per heavy atom. The van der Waals surface area contributed by atoms with Crippen molar-refractivity contribution in [3.63, 3.8) is 0 Å². The highest BCUT2D eigenvalue weighted by atomic mass is 35.5. The highest BCUT2D eigenvalue weighted by Crippen LogP contribution is 2.27. The first-order chi connectivity index (χ1) is 12.7. The van der Waals surface area contributed by atoms with Crippen molar-refractivity contribution < 1.29 is 5.11 Å². The summed E-state index contributed by atoms with van der Waals surface area (Å²) in [5.74, 6) is -0.460. The molecule has 0 amide bonds. The highest BCUT2D eigenvalue weighted by Gasteiger charge is 2.13. The molecule has 2 aromatic carbocycles. The minimum Gasteiger partial charge on any atom is -0.859 e. The van der Waals surface area contributed by atoms with Gasteiger partial charge in [-0.3, -0.25) is 9.36 Å². The lowest BCUT2D eigenvalue weighted by molar-refractivity contribution is -0.277. The summed E-state index contributed by atoms with van der Waals surface area (Å²) in [6.07, 6.45) is 1.32. The molecule has 0 saturated carbocycles. The van der Waals surface area contributed by atoms with E-state index in [1.165, 1.54) is 6.21 Å². The Morgan fingerprint density at radius 3 is 2.58 bits per heavy atom. The predicted octanol–water partition coefficient (Wildman–Crippen LogP) is 1.98. The molecular weight excluding hydrogens is 356 g/mol. The lowest BCUT2D eigenvalue weighted by Gasteiger charge is -2.22. The highest BCUT2D eigenvalue weighted by molar-refractivity contribution is 6.32. The molecule has 2 aromatic heterocycles. The summed E-state index contributed by atoms with van der Waals surface area (Å²) < 4.78 is 1.04. The first-order valence-corrected chi connectivity index (χ1v) is 7.92. The van der Waals surface area contributed by atoms with E-state index in [-0.39, 0.29) is 11.5 Å². The van der Waals surface area contributed by atoms with Crippen LogP contribution in [0.5, 0.6) is 5.88 Å².